The van der Waals surface area contributed by atoms with E-state index >= 15 is 0 Å². The molecule has 146 valence electrons. The summed E-state index contributed by atoms with van der Waals surface area (Å²) in [6.45, 7) is 4.04. The molecule has 1 saturated carbocycles. The number of benzene rings is 2. The highest BCUT2D eigenvalue weighted by molar-refractivity contribution is 7.93. The summed E-state index contributed by atoms with van der Waals surface area (Å²) in [5, 5.41) is 2.99. The van der Waals surface area contributed by atoms with Crippen LogP contribution in [0.25, 0.3) is 0 Å². The molecule has 1 aliphatic rings. The van der Waals surface area contributed by atoms with Crippen LogP contribution in [0.2, 0.25) is 0 Å². The van der Waals surface area contributed by atoms with Crippen LogP contribution in [-0.4, -0.2) is 13.7 Å². The van der Waals surface area contributed by atoms with Gasteiger partial charge in [-0.25, -0.2) is 8.42 Å². The predicted molar refractivity (Wildman–Crippen MR) is 114 cm³/mol. The Labute approximate surface area is 163 Å². The fraction of sp³-hybridized carbons (Fsp3) is 0.455. The minimum Gasteiger partial charge on any atom is -0.381 e. The van der Waals surface area contributed by atoms with E-state index < -0.39 is 15.3 Å². The largest absolute Gasteiger partial charge is 0.381 e. The Morgan fingerprint density at radius 2 is 1.48 bits per heavy atom. The molecule has 1 aliphatic carbocycles. The smallest absolute Gasteiger partial charge is 0.235 e. The summed E-state index contributed by atoms with van der Waals surface area (Å²) in [7, 11) is -3.30. The Kier molecular flexibility index (Phi) is 6.42. The van der Waals surface area contributed by atoms with Crippen molar-refractivity contribution in [2.45, 2.75) is 63.7 Å². The topological polar surface area (TPSA) is 58.2 Å². The zero-order valence-corrected chi connectivity index (χ0v) is 17.1. The molecule has 2 N–H and O–H groups in total. The minimum atomic E-state index is -3.30. The van der Waals surface area contributed by atoms with Crippen molar-refractivity contribution in [2.24, 2.45) is 0 Å². The Morgan fingerprint density at radius 1 is 0.889 bits per heavy atom. The molecule has 2 aromatic carbocycles. The van der Waals surface area contributed by atoms with Crippen molar-refractivity contribution in [1.29, 1.82) is 0 Å². The number of hydrogen-bond acceptors (Lipinski definition) is 3. The summed E-state index contributed by atoms with van der Waals surface area (Å²) in [5.74, 6) is 0.731. The van der Waals surface area contributed by atoms with E-state index in [0.717, 1.165) is 17.2 Å². The average molecular weight is 387 g/mol. The third-order valence-electron chi connectivity index (χ3n) is 5.32. The lowest BCUT2D eigenvalue weighted by Crippen LogP contribution is -2.22. The van der Waals surface area contributed by atoms with Crippen LogP contribution in [0.15, 0.2) is 48.5 Å². The number of rotatable bonds is 7. The Balaban J connectivity index is 1.54. The zero-order valence-electron chi connectivity index (χ0n) is 16.2. The molecule has 0 saturated heterocycles. The molecular weight excluding hydrogens is 356 g/mol. The van der Waals surface area contributed by atoms with Crippen molar-refractivity contribution in [2.75, 3.05) is 10.0 Å². The average Bonchev–Trinajstić information content (AvgIpc) is 2.68. The molecule has 5 heteroatoms. The van der Waals surface area contributed by atoms with Gasteiger partial charge in [-0.1, -0.05) is 43.5 Å². The van der Waals surface area contributed by atoms with Gasteiger partial charge in [0, 0.05) is 17.9 Å². The monoisotopic (exact) mass is 386 g/mol. The Morgan fingerprint density at radius 3 is 2.07 bits per heavy atom. The van der Waals surface area contributed by atoms with Crippen molar-refractivity contribution in [1.82, 2.24) is 0 Å². The minimum absolute atomic E-state index is 0.449. The highest BCUT2D eigenvalue weighted by Gasteiger charge is 2.16. The molecule has 0 aromatic heterocycles. The summed E-state index contributed by atoms with van der Waals surface area (Å²) in [6.07, 6.45) is 6.73. The van der Waals surface area contributed by atoms with Gasteiger partial charge in [-0.05, 0) is 68.0 Å². The van der Waals surface area contributed by atoms with Gasteiger partial charge in [-0.15, -0.1) is 0 Å². The molecule has 0 bridgehead atoms. The van der Waals surface area contributed by atoms with Crippen molar-refractivity contribution in [3.63, 3.8) is 0 Å². The summed E-state index contributed by atoms with van der Waals surface area (Å²) in [5.41, 5.74) is 4.28. The Bertz CT molecular complexity index is 822. The lowest BCUT2D eigenvalue weighted by Gasteiger charge is -2.22. The van der Waals surface area contributed by atoms with Gasteiger partial charge >= 0.3 is 0 Å². The second-order valence-corrected chi connectivity index (χ2v) is 9.94. The first-order chi connectivity index (χ1) is 12.9. The fourth-order valence-corrected chi connectivity index (χ4v) is 4.19. The van der Waals surface area contributed by atoms with E-state index in [1.807, 2.05) is 24.3 Å². The second kappa shape index (κ2) is 8.79. The molecule has 0 aliphatic heterocycles. The van der Waals surface area contributed by atoms with E-state index in [2.05, 4.69) is 34.3 Å². The van der Waals surface area contributed by atoms with Crippen LogP contribution < -0.4 is 10.0 Å². The van der Waals surface area contributed by atoms with Crippen molar-refractivity contribution in [3.8, 4) is 0 Å². The maximum absolute atomic E-state index is 11.9. The first kappa shape index (κ1) is 19.7. The van der Waals surface area contributed by atoms with Gasteiger partial charge in [0.05, 0.1) is 5.25 Å². The van der Waals surface area contributed by atoms with Gasteiger partial charge in [-0.3, -0.25) is 4.72 Å². The molecule has 0 amide bonds. The summed E-state index contributed by atoms with van der Waals surface area (Å²) < 4.78 is 26.4. The number of anilines is 2. The number of hydrogen-bond donors (Lipinski definition) is 2. The zero-order chi connectivity index (χ0) is 19.3. The van der Waals surface area contributed by atoms with Crippen LogP contribution in [0, 0.1) is 0 Å². The normalized spacial score (nSPS) is 15.7. The van der Waals surface area contributed by atoms with E-state index in [-0.39, 0.29) is 0 Å². The van der Waals surface area contributed by atoms with Gasteiger partial charge in [0.1, 0.15) is 0 Å². The van der Waals surface area contributed by atoms with Crippen LogP contribution in [0.1, 0.15) is 63.0 Å². The molecule has 2 aromatic rings. The van der Waals surface area contributed by atoms with Gasteiger partial charge in [0.25, 0.3) is 0 Å². The van der Waals surface area contributed by atoms with Gasteiger partial charge in [0.15, 0.2) is 0 Å². The summed E-state index contributed by atoms with van der Waals surface area (Å²) >= 11 is 0. The molecule has 27 heavy (non-hydrogen) atoms. The fourth-order valence-electron chi connectivity index (χ4n) is 3.49. The van der Waals surface area contributed by atoms with Crippen LogP contribution in [0.3, 0.4) is 0 Å². The first-order valence-electron chi connectivity index (χ1n) is 9.88. The van der Waals surface area contributed by atoms with E-state index in [0.29, 0.717) is 12.2 Å². The molecular formula is C22H30N2O2S. The van der Waals surface area contributed by atoms with Crippen LogP contribution in [0.5, 0.6) is 0 Å². The van der Waals surface area contributed by atoms with Crippen LogP contribution >= 0.6 is 0 Å². The highest BCUT2D eigenvalue weighted by Crippen LogP contribution is 2.33. The maximum Gasteiger partial charge on any atom is 0.235 e. The van der Waals surface area contributed by atoms with Crippen LogP contribution in [0.4, 0.5) is 11.4 Å². The van der Waals surface area contributed by atoms with E-state index in [1.54, 1.807) is 13.8 Å². The molecule has 4 nitrogen and oxygen atoms in total. The summed E-state index contributed by atoms with van der Waals surface area (Å²) in [4.78, 5) is 0. The second-order valence-electron chi connectivity index (χ2n) is 7.70. The standard InChI is InChI=1S/C22H30N2O2S/c1-17(2)27(25,26)24-22-12-8-18(9-13-22)16-23-21-14-10-20(11-15-21)19-6-4-3-5-7-19/h8-15,17,19,23-24H,3-7,16H2,1-2H3. The molecule has 0 heterocycles. The molecule has 3 rings (SSSR count). The van der Waals surface area contributed by atoms with Crippen molar-refractivity contribution in [3.05, 3.63) is 59.7 Å². The molecule has 1 fully saturated rings. The van der Waals surface area contributed by atoms with Gasteiger partial charge in [-0.2, -0.15) is 0 Å². The van der Waals surface area contributed by atoms with Crippen LogP contribution in [-0.2, 0) is 16.6 Å². The lowest BCUT2D eigenvalue weighted by molar-refractivity contribution is 0.443. The predicted octanol–water partition coefficient (Wildman–Crippen LogP) is 5.50. The first-order valence-corrected chi connectivity index (χ1v) is 11.4. The van der Waals surface area contributed by atoms with E-state index in [9.17, 15) is 8.42 Å². The molecule has 0 spiro atoms. The number of sulfonamides is 1. The van der Waals surface area contributed by atoms with E-state index in [1.165, 1.54) is 37.7 Å². The highest BCUT2D eigenvalue weighted by atomic mass is 32.2. The summed E-state index contributed by atoms with van der Waals surface area (Å²) in [6, 6.07) is 16.3. The third kappa shape index (κ3) is 5.48. The third-order valence-corrected chi connectivity index (χ3v) is 7.08. The van der Waals surface area contributed by atoms with Crippen molar-refractivity contribution < 1.29 is 8.42 Å². The SMILES string of the molecule is CC(C)S(=O)(=O)Nc1ccc(CNc2ccc(C3CCCCC3)cc2)cc1. The van der Waals surface area contributed by atoms with Crippen molar-refractivity contribution >= 4 is 21.4 Å². The Hall–Kier alpha value is -2.01. The lowest BCUT2D eigenvalue weighted by atomic mass is 9.84. The van der Waals surface area contributed by atoms with Gasteiger partial charge in [0.2, 0.25) is 10.0 Å². The van der Waals surface area contributed by atoms with E-state index in [4.69, 9.17) is 0 Å². The van der Waals surface area contributed by atoms with Gasteiger partial charge < -0.3 is 5.32 Å². The molecule has 0 atom stereocenters. The molecule has 0 radical (unpaired) electrons. The quantitative estimate of drug-likeness (QED) is 0.661. The maximum atomic E-state index is 11.9. The number of nitrogens with one attached hydrogen (secondary N) is 2. The molecule has 0 unspecified atom stereocenters.